The number of carbonyl (C=O) groups is 8. The van der Waals surface area contributed by atoms with Crippen molar-refractivity contribution in [2.24, 2.45) is 0 Å². The maximum Gasteiger partial charge on any atom is 0.387 e. The van der Waals surface area contributed by atoms with Crippen molar-refractivity contribution in [3.8, 4) is 0 Å². The molecule has 0 saturated heterocycles. The Morgan fingerprint density at radius 2 is 0.750 bits per heavy atom. The van der Waals surface area contributed by atoms with E-state index in [0.717, 1.165) is 12.1 Å². The van der Waals surface area contributed by atoms with Crippen molar-refractivity contribution in [3.63, 3.8) is 0 Å². The van der Waals surface area contributed by atoms with E-state index in [9.17, 15) is 38.4 Å². The molecule has 0 radical (unpaired) electrons. The molecule has 0 aliphatic rings. The molecule has 0 aromatic heterocycles. The second-order valence-corrected chi connectivity index (χ2v) is 10.6. The number of benzene rings is 4. The van der Waals surface area contributed by atoms with E-state index in [2.05, 4.69) is 0 Å². The number of ketones is 6. The van der Waals surface area contributed by atoms with Gasteiger partial charge in [0.05, 0.1) is 11.1 Å². The van der Waals surface area contributed by atoms with Gasteiger partial charge in [0.25, 0.3) is 0 Å². The zero-order valence-corrected chi connectivity index (χ0v) is 26.6. The Labute approximate surface area is 275 Å². The molecule has 4 aromatic rings. The third kappa shape index (κ3) is 6.97. The second kappa shape index (κ2) is 15.0. The summed E-state index contributed by atoms with van der Waals surface area (Å²) in [6, 6.07) is 20.3. The average molecular weight is 647 g/mol. The lowest BCUT2D eigenvalue weighted by Crippen LogP contribution is -2.23. The molecular weight excluding hydrogens is 616 g/mol. The maximum absolute atomic E-state index is 13.6. The summed E-state index contributed by atoms with van der Waals surface area (Å²) >= 11 is 0. The number of rotatable bonds is 12. The molecule has 0 amide bonds. The summed E-state index contributed by atoms with van der Waals surface area (Å²) in [7, 11) is 0. The molecule has 0 bridgehead atoms. The molecule has 0 atom stereocenters. The lowest BCUT2D eigenvalue weighted by atomic mass is 9.86. The van der Waals surface area contributed by atoms with Crippen LogP contribution in [-0.2, 0) is 9.78 Å². The Balaban J connectivity index is 1.78. The van der Waals surface area contributed by atoms with Crippen molar-refractivity contribution >= 4 is 46.6 Å². The van der Waals surface area contributed by atoms with Crippen LogP contribution in [0.15, 0.2) is 84.9 Å². The SMILES string of the molecule is CCC(=O)c1c(C(=O)OOC(=O)c2ccc(C(C)=O)c(C(=O)c3ccccc3)c2C(=O)CC)ccc(C(C)=O)c1C(=O)c1ccccc1. The van der Waals surface area contributed by atoms with Crippen molar-refractivity contribution in [3.05, 3.63) is 141 Å². The molecule has 4 rings (SSSR count). The predicted molar refractivity (Wildman–Crippen MR) is 173 cm³/mol. The van der Waals surface area contributed by atoms with Crippen LogP contribution in [0, 0.1) is 0 Å². The van der Waals surface area contributed by atoms with Gasteiger partial charge in [-0.2, -0.15) is 0 Å². The summed E-state index contributed by atoms with van der Waals surface area (Å²) in [4.78, 5) is 115. The smallest absolute Gasteiger partial charge is 0.294 e. The van der Waals surface area contributed by atoms with Gasteiger partial charge in [0.2, 0.25) is 0 Å². The van der Waals surface area contributed by atoms with Crippen LogP contribution >= 0.6 is 0 Å². The van der Waals surface area contributed by atoms with E-state index in [4.69, 9.17) is 9.78 Å². The summed E-state index contributed by atoms with van der Waals surface area (Å²) in [5, 5.41) is 0. The molecule has 4 aromatic carbocycles. The quantitative estimate of drug-likeness (QED) is 0.0926. The molecule has 48 heavy (non-hydrogen) atoms. The summed E-state index contributed by atoms with van der Waals surface area (Å²) in [5.74, 6) is -6.45. The van der Waals surface area contributed by atoms with Crippen LogP contribution in [-0.4, -0.2) is 46.6 Å². The van der Waals surface area contributed by atoms with Crippen molar-refractivity contribution in [1.82, 2.24) is 0 Å². The molecule has 0 N–H and O–H groups in total. The van der Waals surface area contributed by atoms with Crippen LogP contribution in [0.1, 0.15) is 135 Å². The standard InChI is InChI=1S/C38H30O10/c1-5-29(41)31-27(19-17-25(21(3)39)33(31)35(43)23-13-9-7-10-14-23)37(45)47-48-38(46)28-20-18-26(22(4)40)34(32(28)30(42)6-2)36(44)24-15-11-8-12-16-24/h7-20H,5-6H2,1-4H3. The summed E-state index contributed by atoms with van der Waals surface area (Å²) in [6.07, 6.45) is -0.306. The fourth-order valence-corrected chi connectivity index (χ4v) is 5.17. The minimum absolute atomic E-state index is 0.0990. The normalized spacial score (nSPS) is 10.5. The van der Waals surface area contributed by atoms with E-state index in [1.807, 2.05) is 0 Å². The van der Waals surface area contributed by atoms with Gasteiger partial charge >= 0.3 is 11.9 Å². The first-order chi connectivity index (χ1) is 22.9. The highest BCUT2D eigenvalue weighted by Gasteiger charge is 2.32. The molecular formula is C38H30O10. The minimum Gasteiger partial charge on any atom is -0.294 e. The van der Waals surface area contributed by atoms with Gasteiger partial charge in [0.15, 0.2) is 34.7 Å². The highest BCUT2D eigenvalue weighted by Crippen LogP contribution is 2.28. The largest absolute Gasteiger partial charge is 0.387 e. The van der Waals surface area contributed by atoms with Crippen LogP contribution in [0.2, 0.25) is 0 Å². The zero-order chi connectivity index (χ0) is 35.1. The van der Waals surface area contributed by atoms with Crippen molar-refractivity contribution in [2.45, 2.75) is 40.5 Å². The fraction of sp³-hybridized carbons (Fsp3) is 0.158. The lowest BCUT2D eigenvalue weighted by Gasteiger charge is -2.16. The first-order valence-electron chi connectivity index (χ1n) is 15.0. The van der Waals surface area contributed by atoms with E-state index in [1.54, 1.807) is 36.4 Å². The Morgan fingerprint density at radius 3 is 1.04 bits per heavy atom. The number of Topliss-reactive ketones (excluding diaryl/α,β-unsaturated/α-hetero) is 4. The van der Waals surface area contributed by atoms with Gasteiger partial charge < -0.3 is 0 Å². The van der Waals surface area contributed by atoms with Gasteiger partial charge in [0.1, 0.15) is 0 Å². The highest BCUT2D eigenvalue weighted by atomic mass is 17.2. The molecule has 0 fully saturated rings. The predicted octanol–water partition coefficient (Wildman–Crippen LogP) is 6.67. The van der Waals surface area contributed by atoms with Crippen LogP contribution in [0.25, 0.3) is 0 Å². The topological polar surface area (TPSA) is 155 Å². The van der Waals surface area contributed by atoms with Crippen molar-refractivity contribution in [1.29, 1.82) is 0 Å². The van der Waals surface area contributed by atoms with Gasteiger partial charge in [-0.15, -0.1) is 0 Å². The molecule has 0 saturated carbocycles. The van der Waals surface area contributed by atoms with Crippen LogP contribution in [0.5, 0.6) is 0 Å². The van der Waals surface area contributed by atoms with Gasteiger partial charge in [-0.3, -0.25) is 28.8 Å². The van der Waals surface area contributed by atoms with Gasteiger partial charge in [0, 0.05) is 57.3 Å². The maximum atomic E-state index is 13.6. The summed E-state index contributed by atoms with van der Waals surface area (Å²) < 4.78 is 0. The Kier molecular flexibility index (Phi) is 10.8. The molecule has 0 spiro atoms. The fourth-order valence-electron chi connectivity index (χ4n) is 5.17. The van der Waals surface area contributed by atoms with Crippen molar-refractivity contribution < 1.29 is 48.1 Å². The third-order valence-electron chi connectivity index (χ3n) is 7.53. The number of hydrogen-bond donors (Lipinski definition) is 0. The minimum atomic E-state index is -1.35. The Bertz CT molecular complexity index is 1840. The van der Waals surface area contributed by atoms with E-state index in [1.165, 1.54) is 64.1 Å². The third-order valence-corrected chi connectivity index (χ3v) is 7.53. The molecule has 242 valence electrons. The van der Waals surface area contributed by atoms with Gasteiger partial charge in [-0.05, 0) is 38.1 Å². The van der Waals surface area contributed by atoms with Gasteiger partial charge in [-0.25, -0.2) is 19.4 Å². The molecule has 10 nitrogen and oxygen atoms in total. The Morgan fingerprint density at radius 1 is 0.438 bits per heavy atom. The Hall–Kier alpha value is -6.16. The van der Waals surface area contributed by atoms with E-state index >= 15 is 0 Å². The van der Waals surface area contributed by atoms with E-state index < -0.39 is 57.8 Å². The number of hydrogen-bond acceptors (Lipinski definition) is 10. The average Bonchev–Trinajstić information content (AvgIpc) is 3.11. The van der Waals surface area contributed by atoms with E-state index in [-0.39, 0.29) is 57.3 Å². The first kappa shape index (κ1) is 34.7. The second-order valence-electron chi connectivity index (χ2n) is 10.6. The van der Waals surface area contributed by atoms with Crippen LogP contribution in [0.4, 0.5) is 0 Å². The van der Waals surface area contributed by atoms with Crippen LogP contribution < -0.4 is 0 Å². The van der Waals surface area contributed by atoms with Gasteiger partial charge in [-0.1, -0.05) is 74.5 Å². The zero-order valence-electron chi connectivity index (χ0n) is 26.6. The highest BCUT2D eigenvalue weighted by molar-refractivity contribution is 6.24. The first-order valence-corrected chi connectivity index (χ1v) is 15.0. The summed E-state index contributed by atoms with van der Waals surface area (Å²) in [5.41, 5.74) is -2.16. The number of carbonyl (C=O) groups excluding carboxylic acids is 8. The monoisotopic (exact) mass is 646 g/mol. The molecule has 0 heterocycles. The lowest BCUT2D eigenvalue weighted by molar-refractivity contribution is -0.187. The van der Waals surface area contributed by atoms with E-state index in [0.29, 0.717) is 0 Å². The molecule has 0 aliphatic heterocycles. The molecule has 0 unspecified atom stereocenters. The van der Waals surface area contributed by atoms with Crippen molar-refractivity contribution in [2.75, 3.05) is 0 Å². The summed E-state index contributed by atoms with van der Waals surface area (Å²) in [6.45, 7) is 5.42. The molecule has 10 heteroatoms. The molecule has 0 aliphatic carbocycles. The van der Waals surface area contributed by atoms with Crippen LogP contribution in [0.3, 0.4) is 0 Å².